The van der Waals surface area contributed by atoms with Gasteiger partial charge in [-0.3, -0.25) is 9.30 Å². The maximum atomic E-state index is 14.2. The predicted octanol–water partition coefficient (Wildman–Crippen LogP) is 3.66. The summed E-state index contributed by atoms with van der Waals surface area (Å²) in [5.41, 5.74) is 1.21. The summed E-state index contributed by atoms with van der Waals surface area (Å²) in [6, 6.07) is 10.4. The van der Waals surface area contributed by atoms with Gasteiger partial charge < -0.3 is 0 Å². The van der Waals surface area contributed by atoms with Crippen LogP contribution in [0, 0.1) is 10.6 Å². The lowest BCUT2D eigenvalue weighted by atomic mass is 10.2. The van der Waals surface area contributed by atoms with E-state index in [-0.39, 0.29) is 10.7 Å². The molecule has 1 aromatic carbocycles. The van der Waals surface area contributed by atoms with E-state index < -0.39 is 10.0 Å². The van der Waals surface area contributed by atoms with Gasteiger partial charge in [-0.2, -0.15) is 9.40 Å². The van der Waals surface area contributed by atoms with Crippen molar-refractivity contribution in [2.45, 2.75) is 50.8 Å². The minimum absolute atomic E-state index is 0.185. The van der Waals surface area contributed by atoms with Crippen molar-refractivity contribution in [3.05, 3.63) is 58.7 Å². The van der Waals surface area contributed by atoms with Gasteiger partial charge in [-0.25, -0.2) is 17.5 Å². The van der Waals surface area contributed by atoms with E-state index >= 15 is 0 Å². The molecule has 0 spiro atoms. The third kappa shape index (κ3) is 4.43. The van der Waals surface area contributed by atoms with Gasteiger partial charge in [0, 0.05) is 37.4 Å². The number of halogens is 1. The quantitative estimate of drug-likeness (QED) is 0.453. The summed E-state index contributed by atoms with van der Waals surface area (Å²) in [5, 5.41) is 4.57. The molecule has 0 amide bonds. The third-order valence-corrected chi connectivity index (χ3v) is 8.04. The molecular weight excluding hydrogens is 437 g/mol. The van der Waals surface area contributed by atoms with E-state index in [1.807, 2.05) is 19.9 Å². The van der Waals surface area contributed by atoms with Crippen molar-refractivity contribution >= 4 is 27.9 Å². The van der Waals surface area contributed by atoms with Crippen molar-refractivity contribution < 1.29 is 12.8 Å². The molecule has 0 saturated heterocycles. The Balaban J connectivity index is 1.65. The minimum atomic E-state index is -3.60. The Hall–Kier alpha value is -2.14. The molecule has 0 N–H and O–H groups in total. The van der Waals surface area contributed by atoms with E-state index in [2.05, 4.69) is 10.00 Å². The number of fused-ring (bicyclic) bond motifs is 1. The largest absolute Gasteiger partial charge is 0.277 e. The molecule has 1 saturated carbocycles. The standard InChI is InChI=1S/C21H26FN5O2S2/c1-3-25(4-2)31(28,29)18-11-12-20-23-27(21(30)26(20)14-18)15-24(17-9-10-17)13-16-7-5-6-8-19(16)22/h5-8,11-12,14,17H,3-4,9-10,13,15H2,1-2H3. The molecule has 0 aliphatic heterocycles. The SMILES string of the molecule is CCN(CC)S(=O)(=O)c1ccc2nn(CN(Cc3ccccc3F)C3CC3)c(=S)n2c1. The monoisotopic (exact) mass is 463 g/mol. The van der Waals surface area contributed by atoms with Gasteiger partial charge in [-0.15, -0.1) is 0 Å². The lowest BCUT2D eigenvalue weighted by Gasteiger charge is -2.22. The molecular formula is C21H26FN5O2S2. The Kier molecular flexibility index (Phi) is 6.25. The number of rotatable bonds is 9. The van der Waals surface area contributed by atoms with Crippen LogP contribution in [-0.2, 0) is 23.2 Å². The van der Waals surface area contributed by atoms with E-state index in [0.717, 1.165) is 12.8 Å². The lowest BCUT2D eigenvalue weighted by Crippen LogP contribution is -2.30. The summed E-state index contributed by atoms with van der Waals surface area (Å²) in [6.45, 7) is 5.30. The van der Waals surface area contributed by atoms with Gasteiger partial charge in [-0.1, -0.05) is 32.0 Å². The first-order valence-electron chi connectivity index (χ1n) is 10.4. The molecule has 2 aromatic heterocycles. The zero-order valence-electron chi connectivity index (χ0n) is 17.6. The molecule has 0 bridgehead atoms. The highest BCUT2D eigenvalue weighted by molar-refractivity contribution is 7.89. The lowest BCUT2D eigenvalue weighted by molar-refractivity contribution is 0.185. The first-order valence-corrected chi connectivity index (χ1v) is 12.3. The van der Waals surface area contributed by atoms with Crippen LogP contribution >= 0.6 is 12.2 Å². The summed E-state index contributed by atoms with van der Waals surface area (Å²) in [4.78, 5) is 2.35. The highest BCUT2D eigenvalue weighted by Crippen LogP contribution is 2.29. The molecule has 3 aromatic rings. The van der Waals surface area contributed by atoms with Gasteiger partial charge in [-0.05, 0) is 43.3 Å². The van der Waals surface area contributed by atoms with Crippen molar-refractivity contribution in [1.29, 1.82) is 0 Å². The summed E-state index contributed by atoms with van der Waals surface area (Å²) in [6.07, 6.45) is 3.65. The van der Waals surface area contributed by atoms with Crippen LogP contribution in [0.3, 0.4) is 0 Å². The van der Waals surface area contributed by atoms with Crippen LogP contribution in [0.4, 0.5) is 4.39 Å². The van der Waals surface area contributed by atoms with Gasteiger partial charge in [0.2, 0.25) is 14.8 Å². The first-order chi connectivity index (χ1) is 14.8. The maximum Gasteiger partial charge on any atom is 0.244 e. The highest BCUT2D eigenvalue weighted by Gasteiger charge is 2.30. The molecule has 166 valence electrons. The molecule has 1 aliphatic rings. The smallest absolute Gasteiger partial charge is 0.244 e. The number of nitrogens with zero attached hydrogens (tertiary/aromatic N) is 5. The Morgan fingerprint density at radius 3 is 2.52 bits per heavy atom. The van der Waals surface area contributed by atoms with Gasteiger partial charge >= 0.3 is 0 Å². The molecule has 1 aliphatic carbocycles. The van der Waals surface area contributed by atoms with Crippen LogP contribution in [0.5, 0.6) is 0 Å². The third-order valence-electron chi connectivity index (χ3n) is 5.60. The van der Waals surface area contributed by atoms with Gasteiger partial charge in [0.15, 0.2) is 5.65 Å². The second-order valence-corrected chi connectivity index (χ2v) is 9.98. The van der Waals surface area contributed by atoms with Crippen molar-refractivity contribution in [2.75, 3.05) is 13.1 Å². The highest BCUT2D eigenvalue weighted by atomic mass is 32.2. The Morgan fingerprint density at radius 2 is 1.87 bits per heavy atom. The van der Waals surface area contributed by atoms with Crippen molar-refractivity contribution in [3.63, 3.8) is 0 Å². The molecule has 31 heavy (non-hydrogen) atoms. The van der Waals surface area contributed by atoms with Gasteiger partial charge in [0.1, 0.15) is 5.82 Å². The van der Waals surface area contributed by atoms with E-state index in [0.29, 0.717) is 48.3 Å². The van der Waals surface area contributed by atoms with Crippen LogP contribution in [0.15, 0.2) is 47.5 Å². The van der Waals surface area contributed by atoms with Crippen molar-refractivity contribution in [1.82, 2.24) is 23.4 Å². The number of benzene rings is 1. The maximum absolute atomic E-state index is 14.2. The normalized spacial score (nSPS) is 14.7. The Morgan fingerprint density at radius 1 is 1.16 bits per heavy atom. The van der Waals surface area contributed by atoms with E-state index in [1.165, 1.54) is 16.6 Å². The first kappa shape index (κ1) is 22.1. The van der Waals surface area contributed by atoms with Crippen LogP contribution < -0.4 is 0 Å². The number of hydrogen-bond donors (Lipinski definition) is 0. The van der Waals surface area contributed by atoms with E-state index in [9.17, 15) is 12.8 Å². The van der Waals surface area contributed by atoms with Crippen LogP contribution in [-0.4, -0.2) is 50.9 Å². The summed E-state index contributed by atoms with van der Waals surface area (Å²) >= 11 is 5.60. The molecule has 4 rings (SSSR count). The zero-order chi connectivity index (χ0) is 22.2. The fraction of sp³-hybridized carbons (Fsp3) is 0.429. The summed E-state index contributed by atoms with van der Waals surface area (Å²) in [7, 11) is -3.60. The second-order valence-electron chi connectivity index (χ2n) is 7.68. The fourth-order valence-corrected chi connectivity index (χ4v) is 5.41. The van der Waals surface area contributed by atoms with Gasteiger partial charge in [0.25, 0.3) is 0 Å². The molecule has 1 fully saturated rings. The van der Waals surface area contributed by atoms with E-state index in [1.54, 1.807) is 33.3 Å². The van der Waals surface area contributed by atoms with Crippen LogP contribution in [0.1, 0.15) is 32.3 Å². The molecule has 0 unspecified atom stereocenters. The number of sulfonamides is 1. The number of hydrogen-bond acceptors (Lipinski definition) is 5. The predicted molar refractivity (Wildman–Crippen MR) is 119 cm³/mol. The number of aromatic nitrogens is 3. The van der Waals surface area contributed by atoms with Gasteiger partial charge in [0.05, 0.1) is 11.6 Å². The molecule has 7 nitrogen and oxygen atoms in total. The van der Waals surface area contributed by atoms with Crippen LogP contribution in [0.2, 0.25) is 0 Å². The average molecular weight is 464 g/mol. The topological polar surface area (TPSA) is 62.9 Å². The Labute approximate surface area is 186 Å². The molecule has 0 radical (unpaired) electrons. The fourth-order valence-electron chi connectivity index (χ4n) is 3.71. The van der Waals surface area contributed by atoms with Crippen molar-refractivity contribution in [3.8, 4) is 0 Å². The van der Waals surface area contributed by atoms with E-state index in [4.69, 9.17) is 12.2 Å². The second kappa shape index (κ2) is 8.78. The summed E-state index contributed by atoms with van der Waals surface area (Å²) in [5.74, 6) is -0.224. The molecule has 0 atom stereocenters. The van der Waals surface area contributed by atoms with Crippen LogP contribution in [0.25, 0.3) is 5.65 Å². The Bertz CT molecular complexity index is 1250. The molecule has 2 heterocycles. The average Bonchev–Trinajstić information content (AvgIpc) is 3.55. The van der Waals surface area contributed by atoms with Crippen molar-refractivity contribution in [2.24, 2.45) is 0 Å². The summed E-state index contributed by atoms with van der Waals surface area (Å²) < 4.78 is 45.0. The number of pyridine rings is 1. The zero-order valence-corrected chi connectivity index (χ0v) is 19.2. The minimum Gasteiger partial charge on any atom is -0.277 e. The molecule has 10 heteroatoms.